The molecule has 0 spiro atoms. The van der Waals surface area contributed by atoms with Crippen LogP contribution in [0.25, 0.3) is 0 Å². The zero-order chi connectivity index (χ0) is 12.3. The number of nitrogen functional groups attached to an aromatic ring is 1. The third-order valence-corrected chi connectivity index (χ3v) is 3.18. The summed E-state index contributed by atoms with van der Waals surface area (Å²) in [5, 5.41) is 12.1. The zero-order valence-corrected chi connectivity index (χ0v) is 9.81. The predicted molar refractivity (Wildman–Crippen MR) is 65.4 cm³/mol. The Balaban J connectivity index is 2.02. The van der Waals surface area contributed by atoms with Crippen molar-refractivity contribution < 1.29 is 4.74 Å². The normalized spacial score (nSPS) is 23.3. The van der Waals surface area contributed by atoms with Gasteiger partial charge in [-0.15, -0.1) is 0 Å². The van der Waals surface area contributed by atoms with Gasteiger partial charge in [0.25, 0.3) is 0 Å². The highest BCUT2D eigenvalue weighted by Gasteiger charge is 2.24. The van der Waals surface area contributed by atoms with Gasteiger partial charge < -0.3 is 15.8 Å². The van der Waals surface area contributed by atoms with Gasteiger partial charge in [-0.1, -0.05) is 0 Å². The lowest BCUT2D eigenvalue weighted by atomic mass is 10.0. The SMILES string of the molecule is CC1OCCC1CNc1nccc(C#N)c1N. The molecule has 0 amide bonds. The molecule has 2 heterocycles. The summed E-state index contributed by atoms with van der Waals surface area (Å²) in [6.07, 6.45) is 2.90. The van der Waals surface area contributed by atoms with Crippen molar-refractivity contribution in [2.75, 3.05) is 24.2 Å². The second-order valence-electron chi connectivity index (χ2n) is 4.24. The average molecular weight is 232 g/mol. The molecule has 0 aromatic carbocycles. The molecule has 1 aliphatic heterocycles. The number of anilines is 2. The molecule has 5 heteroatoms. The highest BCUT2D eigenvalue weighted by atomic mass is 16.5. The van der Waals surface area contributed by atoms with Crippen molar-refractivity contribution in [2.24, 2.45) is 5.92 Å². The van der Waals surface area contributed by atoms with Crippen molar-refractivity contribution >= 4 is 11.5 Å². The molecule has 5 nitrogen and oxygen atoms in total. The van der Waals surface area contributed by atoms with Crippen molar-refractivity contribution in [2.45, 2.75) is 19.4 Å². The minimum absolute atomic E-state index is 0.267. The molecule has 3 N–H and O–H groups in total. The molecule has 1 aromatic rings. The van der Waals surface area contributed by atoms with Crippen molar-refractivity contribution in [1.29, 1.82) is 5.26 Å². The van der Waals surface area contributed by atoms with Gasteiger partial charge in [-0.05, 0) is 19.4 Å². The lowest BCUT2D eigenvalue weighted by Crippen LogP contribution is -2.21. The van der Waals surface area contributed by atoms with Crippen LogP contribution in [0.3, 0.4) is 0 Å². The van der Waals surface area contributed by atoms with Crippen LogP contribution >= 0.6 is 0 Å². The summed E-state index contributed by atoms with van der Waals surface area (Å²) in [6, 6.07) is 3.66. The van der Waals surface area contributed by atoms with Crippen LogP contribution in [0.5, 0.6) is 0 Å². The molecule has 1 aliphatic rings. The van der Waals surface area contributed by atoms with Crippen LogP contribution in [0.1, 0.15) is 18.9 Å². The molecule has 0 bridgehead atoms. The summed E-state index contributed by atoms with van der Waals surface area (Å²) in [6.45, 7) is 3.66. The maximum atomic E-state index is 8.86. The summed E-state index contributed by atoms with van der Waals surface area (Å²) in [7, 11) is 0. The largest absolute Gasteiger partial charge is 0.395 e. The molecule has 1 aromatic heterocycles. The van der Waals surface area contributed by atoms with E-state index in [0.29, 0.717) is 23.0 Å². The lowest BCUT2D eigenvalue weighted by molar-refractivity contribution is 0.108. The quantitative estimate of drug-likeness (QED) is 0.822. The number of nitrogens with one attached hydrogen (secondary N) is 1. The Labute approximate surface area is 101 Å². The van der Waals surface area contributed by atoms with Crippen molar-refractivity contribution in [3.05, 3.63) is 17.8 Å². The Hall–Kier alpha value is -1.80. The van der Waals surface area contributed by atoms with Gasteiger partial charge >= 0.3 is 0 Å². The summed E-state index contributed by atoms with van der Waals surface area (Å²) in [4.78, 5) is 4.14. The molecule has 2 atom stereocenters. The van der Waals surface area contributed by atoms with Crippen LogP contribution in [0, 0.1) is 17.2 Å². The van der Waals surface area contributed by atoms with Crippen LogP contribution < -0.4 is 11.1 Å². The van der Waals surface area contributed by atoms with Gasteiger partial charge in [-0.3, -0.25) is 0 Å². The molecule has 90 valence electrons. The van der Waals surface area contributed by atoms with Crippen molar-refractivity contribution in [3.63, 3.8) is 0 Å². The second kappa shape index (κ2) is 5.02. The Kier molecular flexibility index (Phi) is 3.45. The monoisotopic (exact) mass is 232 g/mol. The van der Waals surface area contributed by atoms with E-state index >= 15 is 0 Å². The minimum atomic E-state index is 0.267. The third-order valence-electron chi connectivity index (χ3n) is 3.18. The van der Waals surface area contributed by atoms with Gasteiger partial charge in [0.1, 0.15) is 6.07 Å². The number of pyridine rings is 1. The molecular formula is C12H16N4O. The number of aromatic nitrogens is 1. The van der Waals surface area contributed by atoms with E-state index in [1.807, 2.05) is 6.07 Å². The number of nitriles is 1. The smallest absolute Gasteiger partial charge is 0.150 e. The van der Waals surface area contributed by atoms with E-state index < -0.39 is 0 Å². The predicted octanol–water partition coefficient (Wildman–Crippen LogP) is 1.37. The first-order chi connectivity index (χ1) is 8.22. The van der Waals surface area contributed by atoms with Gasteiger partial charge in [0.05, 0.1) is 17.4 Å². The molecule has 2 rings (SSSR count). The number of ether oxygens (including phenoxy) is 1. The second-order valence-corrected chi connectivity index (χ2v) is 4.24. The number of rotatable bonds is 3. The summed E-state index contributed by atoms with van der Waals surface area (Å²) >= 11 is 0. The molecular weight excluding hydrogens is 216 g/mol. The Morgan fingerprint density at radius 2 is 2.53 bits per heavy atom. The molecule has 2 unspecified atom stereocenters. The van der Waals surface area contributed by atoms with Crippen LogP contribution in [0.4, 0.5) is 11.5 Å². The topological polar surface area (TPSA) is 84.0 Å². The van der Waals surface area contributed by atoms with E-state index in [9.17, 15) is 0 Å². The highest BCUT2D eigenvalue weighted by molar-refractivity contribution is 5.68. The third kappa shape index (κ3) is 2.48. The van der Waals surface area contributed by atoms with E-state index in [2.05, 4.69) is 17.2 Å². The van der Waals surface area contributed by atoms with E-state index in [0.717, 1.165) is 19.6 Å². The minimum Gasteiger partial charge on any atom is -0.395 e. The number of hydrogen-bond acceptors (Lipinski definition) is 5. The van der Waals surface area contributed by atoms with Crippen LogP contribution in [-0.2, 0) is 4.74 Å². The highest BCUT2D eigenvalue weighted by Crippen LogP contribution is 2.23. The van der Waals surface area contributed by atoms with Crippen molar-refractivity contribution in [1.82, 2.24) is 4.98 Å². The maximum Gasteiger partial charge on any atom is 0.150 e. The fourth-order valence-electron chi connectivity index (χ4n) is 1.98. The average Bonchev–Trinajstić information content (AvgIpc) is 2.74. The first-order valence-electron chi connectivity index (χ1n) is 5.72. The van der Waals surface area contributed by atoms with E-state index in [4.69, 9.17) is 15.7 Å². The summed E-state index contributed by atoms with van der Waals surface area (Å²) in [5.41, 5.74) is 6.71. The summed E-state index contributed by atoms with van der Waals surface area (Å²) < 4.78 is 5.48. The van der Waals surface area contributed by atoms with Crippen LogP contribution in [-0.4, -0.2) is 24.2 Å². The summed E-state index contributed by atoms with van der Waals surface area (Å²) in [5.74, 6) is 1.06. The molecule has 0 aliphatic carbocycles. The van der Waals surface area contributed by atoms with Crippen LogP contribution in [0.15, 0.2) is 12.3 Å². The van der Waals surface area contributed by atoms with Gasteiger partial charge in [-0.2, -0.15) is 5.26 Å². The molecule has 0 radical (unpaired) electrons. The van der Waals surface area contributed by atoms with Crippen LogP contribution in [0.2, 0.25) is 0 Å². The van der Waals surface area contributed by atoms with Gasteiger partial charge in [0.15, 0.2) is 5.82 Å². The van der Waals surface area contributed by atoms with Gasteiger partial charge in [0.2, 0.25) is 0 Å². The lowest BCUT2D eigenvalue weighted by Gasteiger charge is -2.16. The van der Waals surface area contributed by atoms with E-state index in [1.54, 1.807) is 12.3 Å². The van der Waals surface area contributed by atoms with Gasteiger partial charge in [-0.25, -0.2) is 4.98 Å². The number of hydrogen-bond donors (Lipinski definition) is 2. The Morgan fingerprint density at radius 3 is 3.18 bits per heavy atom. The van der Waals surface area contributed by atoms with E-state index in [1.165, 1.54) is 0 Å². The fraction of sp³-hybridized carbons (Fsp3) is 0.500. The fourth-order valence-corrected chi connectivity index (χ4v) is 1.98. The molecule has 1 saturated heterocycles. The number of nitrogens with zero attached hydrogens (tertiary/aromatic N) is 2. The molecule has 1 fully saturated rings. The molecule has 17 heavy (non-hydrogen) atoms. The Morgan fingerprint density at radius 1 is 1.71 bits per heavy atom. The van der Waals surface area contributed by atoms with Crippen molar-refractivity contribution in [3.8, 4) is 6.07 Å². The Bertz CT molecular complexity index is 441. The first-order valence-corrected chi connectivity index (χ1v) is 5.72. The zero-order valence-electron chi connectivity index (χ0n) is 9.81. The standard InChI is InChI=1S/C12H16N4O/c1-8-10(3-5-17-8)7-16-12-11(14)9(6-13)2-4-15-12/h2,4,8,10H,3,5,7,14H2,1H3,(H,15,16). The first kappa shape index (κ1) is 11.7. The molecule has 0 saturated carbocycles. The maximum absolute atomic E-state index is 8.86. The van der Waals surface area contributed by atoms with E-state index in [-0.39, 0.29) is 6.10 Å². The number of nitrogens with two attached hydrogens (primary N) is 1. The van der Waals surface area contributed by atoms with Gasteiger partial charge in [0, 0.05) is 25.3 Å².